The van der Waals surface area contributed by atoms with Crippen molar-refractivity contribution in [1.82, 2.24) is 15.5 Å². The highest BCUT2D eigenvalue weighted by molar-refractivity contribution is 9.09. The summed E-state index contributed by atoms with van der Waals surface area (Å²) in [5.41, 5.74) is -0.460. The zero-order valence-electron chi connectivity index (χ0n) is 21.8. The molecule has 3 unspecified atom stereocenters. The summed E-state index contributed by atoms with van der Waals surface area (Å²) in [6.45, 7) is 14.3. The Hall–Kier alpha value is -0.800. The number of carbonyl (C=O) groups excluding carboxylic acids is 3. The van der Waals surface area contributed by atoms with Crippen LogP contribution in [-0.2, 0) is 14.4 Å². The van der Waals surface area contributed by atoms with E-state index in [0.29, 0.717) is 6.42 Å². The van der Waals surface area contributed by atoms with Crippen molar-refractivity contribution in [2.75, 3.05) is 13.7 Å². The number of hydrogen-bond donors (Lipinski definition) is 3. The van der Waals surface area contributed by atoms with Gasteiger partial charge in [-0.1, -0.05) is 57.0 Å². The number of fused-ring (bicyclic) bond motifs is 1. The molecule has 9 heteroatoms. The van der Waals surface area contributed by atoms with Gasteiger partial charge in [0, 0.05) is 22.7 Å². The maximum atomic E-state index is 14.1. The summed E-state index contributed by atoms with van der Waals surface area (Å²) in [7, 11) is 1.60. The third kappa shape index (κ3) is 4.65. The summed E-state index contributed by atoms with van der Waals surface area (Å²) in [5, 5.41) is 16.3. The smallest absolute Gasteiger partial charge is 0.244 e. The number of nitrogens with one attached hydrogen (secondary N) is 2. The molecule has 3 rings (SSSR count). The fourth-order valence-electron chi connectivity index (χ4n) is 6.78. The van der Waals surface area contributed by atoms with Crippen LogP contribution in [0.25, 0.3) is 0 Å². The third-order valence-electron chi connectivity index (χ3n) is 7.80. The molecule has 0 aromatic heterocycles. The van der Waals surface area contributed by atoms with E-state index in [0.717, 1.165) is 12.8 Å². The molecule has 1 spiro atoms. The van der Waals surface area contributed by atoms with E-state index in [1.807, 2.05) is 27.7 Å². The van der Waals surface area contributed by atoms with Gasteiger partial charge in [0.05, 0.1) is 29.2 Å². The minimum Gasteiger partial charge on any atom is -0.394 e. The average Bonchev–Trinajstić information content (AvgIpc) is 3.29. The summed E-state index contributed by atoms with van der Waals surface area (Å²) < 4.78 is -0.699. The third-order valence-corrected chi connectivity index (χ3v) is 11.0. The Balaban J connectivity index is 2.08. The van der Waals surface area contributed by atoms with Crippen molar-refractivity contribution in [3.05, 3.63) is 0 Å². The van der Waals surface area contributed by atoms with Crippen LogP contribution in [0.3, 0.4) is 0 Å². The van der Waals surface area contributed by atoms with Gasteiger partial charge in [0.15, 0.2) is 0 Å². The van der Waals surface area contributed by atoms with Crippen LogP contribution >= 0.6 is 27.7 Å². The summed E-state index contributed by atoms with van der Waals surface area (Å²) in [6, 6.07) is -1.21. The minimum absolute atomic E-state index is 0.0129. The lowest BCUT2D eigenvalue weighted by molar-refractivity contribution is -0.144. The fourth-order valence-corrected chi connectivity index (χ4v) is 10.4. The largest absolute Gasteiger partial charge is 0.394 e. The van der Waals surface area contributed by atoms with Gasteiger partial charge in [-0.2, -0.15) is 0 Å². The normalized spacial score (nSPS) is 34.7. The Morgan fingerprint density at radius 1 is 1.26 bits per heavy atom. The number of aliphatic hydroxyl groups excluding tert-OH is 1. The Labute approximate surface area is 217 Å². The second kappa shape index (κ2) is 9.58. The number of aliphatic hydroxyl groups is 1. The Kier molecular flexibility index (Phi) is 7.83. The molecule has 0 aliphatic carbocycles. The quantitative estimate of drug-likeness (QED) is 0.397. The van der Waals surface area contributed by atoms with Crippen molar-refractivity contribution in [1.29, 1.82) is 0 Å². The second-order valence-electron chi connectivity index (χ2n) is 12.3. The first kappa shape index (κ1) is 27.8. The molecular weight excluding hydrogens is 518 g/mol. The maximum absolute atomic E-state index is 14.1. The lowest BCUT2D eigenvalue weighted by Crippen LogP contribution is -2.61. The first-order valence-corrected chi connectivity index (χ1v) is 14.2. The number of rotatable bonds is 8. The lowest BCUT2D eigenvalue weighted by atomic mass is 9.70. The number of thioether (sulfide) groups is 1. The highest BCUT2D eigenvalue weighted by Crippen LogP contribution is 2.68. The molecule has 8 atom stereocenters. The van der Waals surface area contributed by atoms with E-state index in [4.69, 9.17) is 0 Å². The first-order valence-electron chi connectivity index (χ1n) is 12.4. The Morgan fingerprint density at radius 2 is 1.88 bits per heavy atom. The van der Waals surface area contributed by atoms with E-state index in [1.54, 1.807) is 23.7 Å². The van der Waals surface area contributed by atoms with Crippen molar-refractivity contribution in [2.45, 2.75) is 100 Å². The topological polar surface area (TPSA) is 98.7 Å². The summed E-state index contributed by atoms with van der Waals surface area (Å²) in [4.78, 5) is 42.8. The predicted molar refractivity (Wildman–Crippen MR) is 140 cm³/mol. The van der Waals surface area contributed by atoms with Gasteiger partial charge in [0.1, 0.15) is 6.04 Å². The lowest BCUT2D eigenvalue weighted by Gasteiger charge is -2.41. The van der Waals surface area contributed by atoms with E-state index < -0.39 is 34.2 Å². The van der Waals surface area contributed by atoms with E-state index in [-0.39, 0.29) is 45.7 Å². The summed E-state index contributed by atoms with van der Waals surface area (Å²) >= 11 is 5.39. The monoisotopic (exact) mass is 559 g/mol. The summed E-state index contributed by atoms with van der Waals surface area (Å²) in [6.07, 6.45) is 2.18. The standard InChI is InChI=1S/C25H42BrN3O4S/c1-9-13(2)15(11-30)29-19(21(32)28-24(6,7)12-23(3,4)5)25-10-14(26)18(34-25)16(20(31)27-8)17(25)22(29)33/h13-19,30H,9-12H2,1-8H3,(H,27,31)(H,28,32)/t13-,14?,15-,16+,17-,18+,19?,25?/m0/s1. The molecule has 0 aromatic rings. The number of amides is 3. The van der Waals surface area contributed by atoms with Crippen molar-refractivity contribution in [3.63, 3.8) is 0 Å². The minimum atomic E-state index is -0.736. The molecule has 3 aliphatic rings. The van der Waals surface area contributed by atoms with Gasteiger partial charge >= 0.3 is 0 Å². The Morgan fingerprint density at radius 3 is 2.38 bits per heavy atom. The number of alkyl halides is 1. The zero-order chi connectivity index (χ0) is 25.8. The van der Waals surface area contributed by atoms with Gasteiger partial charge in [0.2, 0.25) is 17.7 Å². The molecule has 0 radical (unpaired) electrons. The van der Waals surface area contributed by atoms with Crippen LogP contribution in [0.15, 0.2) is 0 Å². The van der Waals surface area contributed by atoms with E-state index >= 15 is 0 Å². The number of nitrogens with zero attached hydrogens (tertiary/aromatic N) is 1. The second-order valence-corrected chi connectivity index (χ2v) is 15.0. The van der Waals surface area contributed by atoms with E-state index in [9.17, 15) is 19.5 Å². The maximum Gasteiger partial charge on any atom is 0.244 e. The molecule has 194 valence electrons. The van der Waals surface area contributed by atoms with Crippen LogP contribution in [-0.4, -0.2) is 73.8 Å². The van der Waals surface area contributed by atoms with Crippen molar-refractivity contribution in [3.8, 4) is 0 Å². The average molecular weight is 561 g/mol. The van der Waals surface area contributed by atoms with Crippen molar-refractivity contribution in [2.24, 2.45) is 23.2 Å². The molecule has 0 saturated carbocycles. The van der Waals surface area contributed by atoms with E-state index in [1.165, 1.54) is 0 Å². The van der Waals surface area contributed by atoms with Gasteiger partial charge in [-0.3, -0.25) is 14.4 Å². The molecule has 3 N–H and O–H groups in total. The molecule has 3 saturated heterocycles. The molecule has 0 aromatic carbocycles. The van der Waals surface area contributed by atoms with Crippen LogP contribution in [0.5, 0.6) is 0 Å². The van der Waals surface area contributed by atoms with Gasteiger partial charge < -0.3 is 20.6 Å². The van der Waals surface area contributed by atoms with Crippen LogP contribution in [0.1, 0.15) is 67.7 Å². The van der Waals surface area contributed by atoms with Gasteiger partial charge in [-0.15, -0.1) is 11.8 Å². The first-order chi connectivity index (χ1) is 15.6. The van der Waals surface area contributed by atoms with Crippen LogP contribution in [0.2, 0.25) is 0 Å². The number of likely N-dealkylation sites (tertiary alicyclic amines) is 1. The number of hydrogen-bond acceptors (Lipinski definition) is 5. The molecule has 34 heavy (non-hydrogen) atoms. The zero-order valence-corrected chi connectivity index (χ0v) is 24.2. The SMILES string of the molecule is CC[C@H](C)[C@H](CO)N1C(=O)[C@@H]2[C@@H](C(=O)NC)[C@@H]3SC2(CC3Br)C1C(=O)NC(C)(C)CC(C)(C)C. The van der Waals surface area contributed by atoms with Crippen LogP contribution in [0, 0.1) is 23.2 Å². The highest BCUT2D eigenvalue weighted by atomic mass is 79.9. The summed E-state index contributed by atoms with van der Waals surface area (Å²) in [5.74, 6) is -1.56. The number of carbonyl (C=O) groups is 3. The molecule has 2 bridgehead atoms. The van der Waals surface area contributed by atoms with Gasteiger partial charge in [-0.25, -0.2) is 0 Å². The van der Waals surface area contributed by atoms with Crippen molar-refractivity contribution >= 4 is 45.4 Å². The number of halogens is 1. The van der Waals surface area contributed by atoms with Crippen molar-refractivity contribution < 1.29 is 19.5 Å². The predicted octanol–water partition coefficient (Wildman–Crippen LogP) is 2.94. The molecule has 3 fully saturated rings. The molecular formula is C25H42BrN3O4S. The van der Waals surface area contributed by atoms with E-state index in [2.05, 4.69) is 47.3 Å². The molecule has 7 nitrogen and oxygen atoms in total. The molecule has 3 aliphatic heterocycles. The fraction of sp³-hybridized carbons (Fsp3) is 0.880. The van der Waals surface area contributed by atoms with Crippen LogP contribution < -0.4 is 10.6 Å². The van der Waals surface area contributed by atoms with Crippen LogP contribution in [0.4, 0.5) is 0 Å². The Bertz CT molecular complexity index is 831. The molecule has 3 heterocycles. The van der Waals surface area contributed by atoms with Gasteiger partial charge in [-0.05, 0) is 38.0 Å². The van der Waals surface area contributed by atoms with Gasteiger partial charge in [0.25, 0.3) is 0 Å². The molecule has 3 amide bonds. The highest BCUT2D eigenvalue weighted by Gasteiger charge is 2.76.